The van der Waals surface area contributed by atoms with Gasteiger partial charge in [0.15, 0.2) is 0 Å². The predicted octanol–water partition coefficient (Wildman–Crippen LogP) is 5.42. The number of nitrogens with zero attached hydrogens (tertiary/aromatic N) is 1. The van der Waals surface area contributed by atoms with E-state index in [0.717, 1.165) is 0 Å². The van der Waals surface area contributed by atoms with Gasteiger partial charge < -0.3 is 0 Å². The molecule has 0 radical (unpaired) electrons. The van der Waals surface area contributed by atoms with Crippen LogP contribution in [0.25, 0.3) is 38.3 Å². The molecule has 0 atom stereocenters. The smallest absolute Gasteiger partial charge is 0.152 e. The van der Waals surface area contributed by atoms with E-state index in [4.69, 9.17) is 0 Å². The minimum Gasteiger partial charge on any atom is -0.152 e. The molecule has 4 aromatic carbocycles. The van der Waals surface area contributed by atoms with Crippen LogP contribution in [0.2, 0.25) is 0 Å². The highest BCUT2D eigenvalue weighted by atomic mass is 15.0. The van der Waals surface area contributed by atoms with E-state index < -0.39 is 0 Å². The molecule has 0 aliphatic rings. The summed E-state index contributed by atoms with van der Waals surface area (Å²) in [7, 11) is 0. The summed E-state index contributed by atoms with van der Waals surface area (Å²) >= 11 is 0. The standard InChI is InChI=1S/C23H16N/c1-4-12-20-17(8-1)11-7-15-23(20)24-21-13-5-2-9-18(21)16-19-10-3-6-14-22(19)24/h1-16H/q+1. The second kappa shape index (κ2) is 5.17. The van der Waals surface area contributed by atoms with Crippen molar-refractivity contribution in [1.29, 1.82) is 0 Å². The number of hydrogen-bond donors (Lipinski definition) is 0. The molecule has 5 aromatic rings. The van der Waals surface area contributed by atoms with Crippen LogP contribution in [0.3, 0.4) is 0 Å². The molecule has 0 N–H and O–H groups in total. The Hall–Kier alpha value is -3.19. The maximum absolute atomic E-state index is 2.38. The largest absolute Gasteiger partial charge is 0.219 e. The first-order valence-corrected chi connectivity index (χ1v) is 8.22. The fourth-order valence-electron chi connectivity index (χ4n) is 3.59. The number of pyridine rings is 1. The second-order valence-corrected chi connectivity index (χ2v) is 6.10. The lowest BCUT2D eigenvalue weighted by molar-refractivity contribution is -0.536. The van der Waals surface area contributed by atoms with Crippen molar-refractivity contribution in [3.8, 4) is 5.69 Å². The minimum absolute atomic E-state index is 1.22. The molecule has 0 fully saturated rings. The summed E-state index contributed by atoms with van der Waals surface area (Å²) in [6.45, 7) is 0. The highest BCUT2D eigenvalue weighted by Gasteiger charge is 2.19. The van der Waals surface area contributed by atoms with Gasteiger partial charge >= 0.3 is 0 Å². The molecule has 112 valence electrons. The van der Waals surface area contributed by atoms with Crippen LogP contribution in [-0.4, -0.2) is 0 Å². The van der Waals surface area contributed by atoms with Crippen LogP contribution in [-0.2, 0) is 0 Å². The van der Waals surface area contributed by atoms with Crippen molar-refractivity contribution >= 4 is 32.6 Å². The zero-order chi connectivity index (χ0) is 15.9. The minimum atomic E-state index is 1.22. The van der Waals surface area contributed by atoms with Gasteiger partial charge in [-0.1, -0.05) is 54.6 Å². The van der Waals surface area contributed by atoms with Crippen molar-refractivity contribution in [3.05, 3.63) is 97.1 Å². The predicted molar refractivity (Wildman–Crippen MR) is 100 cm³/mol. The highest BCUT2D eigenvalue weighted by Crippen LogP contribution is 2.24. The van der Waals surface area contributed by atoms with Crippen LogP contribution in [0, 0.1) is 0 Å². The Bertz CT molecular complexity index is 1150. The van der Waals surface area contributed by atoms with Gasteiger partial charge in [-0.3, -0.25) is 0 Å². The van der Waals surface area contributed by atoms with Gasteiger partial charge in [0.25, 0.3) is 0 Å². The average Bonchev–Trinajstić information content (AvgIpc) is 2.66. The van der Waals surface area contributed by atoms with E-state index >= 15 is 0 Å². The van der Waals surface area contributed by atoms with Crippen molar-refractivity contribution < 1.29 is 4.57 Å². The third-order valence-corrected chi connectivity index (χ3v) is 4.67. The van der Waals surface area contributed by atoms with E-state index in [1.165, 1.54) is 38.3 Å². The Morgan fingerprint density at radius 1 is 0.458 bits per heavy atom. The number of aromatic nitrogens is 1. The zero-order valence-corrected chi connectivity index (χ0v) is 13.2. The Morgan fingerprint density at radius 3 is 1.71 bits per heavy atom. The van der Waals surface area contributed by atoms with Crippen molar-refractivity contribution in [3.63, 3.8) is 0 Å². The van der Waals surface area contributed by atoms with E-state index in [2.05, 4.69) is 102 Å². The lowest BCUT2D eigenvalue weighted by atomic mass is 10.1. The summed E-state index contributed by atoms with van der Waals surface area (Å²) in [5.74, 6) is 0. The van der Waals surface area contributed by atoms with Crippen LogP contribution in [0.1, 0.15) is 0 Å². The van der Waals surface area contributed by atoms with Gasteiger partial charge in [0.1, 0.15) is 0 Å². The molecule has 0 spiro atoms. The molecule has 0 bridgehead atoms. The molecule has 5 rings (SSSR count). The summed E-state index contributed by atoms with van der Waals surface area (Å²) in [4.78, 5) is 0. The first kappa shape index (κ1) is 13.3. The quantitative estimate of drug-likeness (QED) is 0.287. The summed E-state index contributed by atoms with van der Waals surface area (Å²) in [6, 6.07) is 34.6. The molecular formula is C23H16N+. The molecule has 0 aliphatic heterocycles. The molecule has 1 heterocycles. The summed E-state index contributed by atoms with van der Waals surface area (Å²) in [5.41, 5.74) is 3.68. The Morgan fingerprint density at radius 2 is 1.00 bits per heavy atom. The molecule has 0 saturated carbocycles. The number of hydrogen-bond acceptors (Lipinski definition) is 0. The van der Waals surface area contributed by atoms with Crippen LogP contribution in [0.4, 0.5) is 0 Å². The van der Waals surface area contributed by atoms with E-state index in [1.54, 1.807) is 0 Å². The lowest BCUT2D eigenvalue weighted by Gasteiger charge is -2.07. The molecule has 0 amide bonds. The van der Waals surface area contributed by atoms with Crippen molar-refractivity contribution in [2.45, 2.75) is 0 Å². The maximum atomic E-state index is 2.38. The van der Waals surface area contributed by atoms with Crippen molar-refractivity contribution in [2.24, 2.45) is 0 Å². The van der Waals surface area contributed by atoms with Crippen LogP contribution in [0.5, 0.6) is 0 Å². The number of rotatable bonds is 1. The monoisotopic (exact) mass is 306 g/mol. The van der Waals surface area contributed by atoms with Crippen LogP contribution in [0.15, 0.2) is 97.1 Å². The fourth-order valence-corrected chi connectivity index (χ4v) is 3.59. The van der Waals surface area contributed by atoms with Crippen LogP contribution < -0.4 is 4.57 Å². The van der Waals surface area contributed by atoms with Crippen LogP contribution >= 0.6 is 0 Å². The summed E-state index contributed by atoms with van der Waals surface area (Å²) in [6.07, 6.45) is 0. The Kier molecular flexibility index (Phi) is 2.86. The fraction of sp³-hybridized carbons (Fsp3) is 0. The maximum Gasteiger partial charge on any atom is 0.219 e. The molecule has 24 heavy (non-hydrogen) atoms. The van der Waals surface area contributed by atoms with Crippen molar-refractivity contribution in [2.75, 3.05) is 0 Å². The molecule has 0 unspecified atom stereocenters. The Labute approximate surface area is 140 Å². The van der Waals surface area contributed by atoms with Gasteiger partial charge in [0, 0.05) is 29.0 Å². The van der Waals surface area contributed by atoms with E-state index in [9.17, 15) is 0 Å². The van der Waals surface area contributed by atoms with E-state index in [0.29, 0.717) is 0 Å². The number of para-hydroxylation sites is 2. The van der Waals surface area contributed by atoms with E-state index in [-0.39, 0.29) is 0 Å². The molecule has 0 saturated heterocycles. The zero-order valence-electron chi connectivity index (χ0n) is 13.2. The molecule has 1 aromatic heterocycles. The third-order valence-electron chi connectivity index (χ3n) is 4.67. The van der Waals surface area contributed by atoms with Gasteiger partial charge in [0.2, 0.25) is 16.7 Å². The third kappa shape index (κ3) is 1.92. The molecular weight excluding hydrogens is 290 g/mol. The van der Waals surface area contributed by atoms with Crippen molar-refractivity contribution in [1.82, 2.24) is 0 Å². The van der Waals surface area contributed by atoms with Gasteiger partial charge in [0.05, 0.1) is 5.39 Å². The van der Waals surface area contributed by atoms with Gasteiger partial charge in [-0.25, -0.2) is 0 Å². The van der Waals surface area contributed by atoms with Gasteiger partial charge in [-0.05, 0) is 29.7 Å². The Balaban J connectivity index is 2.04. The topological polar surface area (TPSA) is 3.88 Å². The normalized spacial score (nSPS) is 11.3. The number of benzene rings is 4. The first-order chi connectivity index (χ1) is 11.9. The first-order valence-electron chi connectivity index (χ1n) is 8.22. The van der Waals surface area contributed by atoms with Gasteiger partial charge in [-0.2, -0.15) is 4.57 Å². The summed E-state index contributed by atoms with van der Waals surface area (Å²) < 4.78 is 2.38. The lowest BCUT2D eigenvalue weighted by Crippen LogP contribution is -2.32. The molecule has 1 heteroatoms. The average molecular weight is 306 g/mol. The van der Waals surface area contributed by atoms with Gasteiger partial charge in [-0.15, -0.1) is 0 Å². The summed E-state index contributed by atoms with van der Waals surface area (Å²) in [5, 5.41) is 5.04. The molecule has 0 aliphatic carbocycles. The molecule has 1 nitrogen and oxygen atoms in total. The highest BCUT2D eigenvalue weighted by molar-refractivity contribution is 5.92. The number of fused-ring (bicyclic) bond motifs is 3. The van der Waals surface area contributed by atoms with E-state index in [1.807, 2.05) is 0 Å². The second-order valence-electron chi connectivity index (χ2n) is 6.10. The SMILES string of the molecule is c1ccc2c(-[n+]3c4ccccc4cc4ccccc43)cccc2c1.